The van der Waals surface area contributed by atoms with Gasteiger partial charge in [-0.25, -0.2) is 0 Å². The van der Waals surface area contributed by atoms with Gasteiger partial charge in [-0.15, -0.1) is 10.2 Å². The first kappa shape index (κ1) is 33.1. The van der Waals surface area contributed by atoms with Crippen molar-refractivity contribution in [3.63, 3.8) is 0 Å². The number of nitrogens with one attached hydrogen (secondary N) is 1. The van der Waals surface area contributed by atoms with Crippen molar-refractivity contribution in [2.75, 3.05) is 0 Å². The zero-order valence-corrected chi connectivity index (χ0v) is 14.2. The van der Waals surface area contributed by atoms with Gasteiger partial charge in [0.05, 0.1) is 0 Å². The minimum Gasteiger partial charge on any atom is -0.481 e. The average Bonchev–Trinajstić information content (AvgIpc) is 2.80. The molecule has 1 rings (SSSR count). The van der Waals surface area contributed by atoms with Gasteiger partial charge >= 0.3 is 0 Å². The number of nitrogens with zero attached hydrogens (tertiary/aromatic N) is 3. The molecule has 146 valence electrons. The van der Waals surface area contributed by atoms with Gasteiger partial charge in [-0.3, -0.25) is 24.0 Å². The number of aliphatic carboxylic acids is 5. The minimum absolute atomic E-state index is 0.833. The second-order valence-corrected chi connectivity index (χ2v) is 3.16. The molecular formula is C11H22N4O10. The monoisotopic (exact) mass is 370 g/mol. The van der Waals surface area contributed by atoms with Gasteiger partial charge in [0, 0.05) is 34.6 Å². The highest BCUT2D eigenvalue weighted by molar-refractivity contribution is 5.63. The Balaban J connectivity index is -0.0000000643. The van der Waals surface area contributed by atoms with E-state index >= 15 is 0 Å². The van der Waals surface area contributed by atoms with E-state index < -0.39 is 29.8 Å². The SMILES string of the molecule is CC(=O)O.CC(=O)O.CC(=O)O.CC(=O)O.CC(=O)O.c1nn[nH]n1. The van der Waals surface area contributed by atoms with Gasteiger partial charge in [0.2, 0.25) is 0 Å². The third kappa shape index (κ3) is 3440. The Hall–Kier alpha value is -3.58. The van der Waals surface area contributed by atoms with E-state index in [0.29, 0.717) is 0 Å². The number of carboxylic acids is 5. The van der Waals surface area contributed by atoms with Crippen LogP contribution in [-0.2, 0) is 24.0 Å². The van der Waals surface area contributed by atoms with Gasteiger partial charge in [0.15, 0.2) is 6.33 Å². The van der Waals surface area contributed by atoms with E-state index in [9.17, 15) is 0 Å². The summed E-state index contributed by atoms with van der Waals surface area (Å²) in [5.41, 5.74) is 0. The molecular weight excluding hydrogens is 348 g/mol. The molecule has 0 bridgehead atoms. The third-order valence-corrected chi connectivity index (χ3v) is 0.270. The van der Waals surface area contributed by atoms with Crippen LogP contribution in [0.1, 0.15) is 34.6 Å². The molecule has 0 saturated carbocycles. The summed E-state index contributed by atoms with van der Waals surface area (Å²) in [7, 11) is 0. The molecule has 0 amide bonds. The Morgan fingerprint density at radius 1 is 0.640 bits per heavy atom. The molecule has 0 fully saturated rings. The molecule has 1 heterocycles. The summed E-state index contributed by atoms with van der Waals surface area (Å²) >= 11 is 0. The van der Waals surface area contributed by atoms with E-state index in [4.69, 9.17) is 49.5 Å². The van der Waals surface area contributed by atoms with Crippen molar-refractivity contribution in [2.24, 2.45) is 0 Å². The number of hydrogen-bond donors (Lipinski definition) is 6. The van der Waals surface area contributed by atoms with Crippen LogP contribution in [0.5, 0.6) is 0 Å². The highest BCUT2D eigenvalue weighted by Crippen LogP contribution is 1.44. The lowest BCUT2D eigenvalue weighted by Crippen LogP contribution is -1.78. The topological polar surface area (TPSA) is 241 Å². The van der Waals surface area contributed by atoms with Gasteiger partial charge in [0.25, 0.3) is 29.8 Å². The minimum atomic E-state index is -0.833. The lowest BCUT2D eigenvalue weighted by molar-refractivity contribution is -0.135. The molecule has 0 aliphatic heterocycles. The first-order valence-corrected chi connectivity index (χ1v) is 5.80. The number of carboxylic acid groups (broad SMARTS) is 5. The van der Waals surface area contributed by atoms with Crippen LogP contribution in [0.15, 0.2) is 6.33 Å². The maximum Gasteiger partial charge on any atom is 0.300 e. The Kier molecular flexibility index (Phi) is 37.8. The number of aromatic amines is 1. The molecule has 0 unspecified atom stereocenters. The van der Waals surface area contributed by atoms with Crippen LogP contribution >= 0.6 is 0 Å². The molecule has 1 aromatic heterocycles. The van der Waals surface area contributed by atoms with Crippen molar-refractivity contribution in [1.82, 2.24) is 20.6 Å². The van der Waals surface area contributed by atoms with Crippen LogP contribution in [0.2, 0.25) is 0 Å². The Morgan fingerprint density at radius 2 is 0.840 bits per heavy atom. The van der Waals surface area contributed by atoms with Crippen molar-refractivity contribution in [2.45, 2.75) is 34.6 Å². The number of carbonyl (C=O) groups is 5. The summed E-state index contributed by atoms with van der Waals surface area (Å²) in [6.07, 6.45) is 1.33. The van der Waals surface area contributed by atoms with Crippen LogP contribution in [0, 0.1) is 0 Å². The molecule has 0 saturated heterocycles. The predicted molar refractivity (Wildman–Crippen MR) is 80.7 cm³/mol. The number of H-pyrrole nitrogens is 1. The lowest BCUT2D eigenvalue weighted by Gasteiger charge is -1.59. The second-order valence-electron chi connectivity index (χ2n) is 3.16. The van der Waals surface area contributed by atoms with Crippen molar-refractivity contribution in [3.05, 3.63) is 6.33 Å². The van der Waals surface area contributed by atoms with Crippen LogP contribution in [0.3, 0.4) is 0 Å². The van der Waals surface area contributed by atoms with Crippen LogP contribution < -0.4 is 0 Å². The maximum atomic E-state index is 9.00. The van der Waals surface area contributed by atoms with Gasteiger partial charge in [-0.05, 0) is 0 Å². The van der Waals surface area contributed by atoms with Crippen LogP contribution in [0.25, 0.3) is 0 Å². The highest BCUT2D eigenvalue weighted by atomic mass is 16.4. The standard InChI is InChI=1S/5C2H4O2.CH2N4/c5*1-2(3)4;1-2-4-5-3-1/h5*1H3,(H,3,4);1H,(H,2,3,4,5). The summed E-state index contributed by atoms with van der Waals surface area (Å²) in [6, 6.07) is 0. The smallest absolute Gasteiger partial charge is 0.300 e. The third-order valence-electron chi connectivity index (χ3n) is 0.270. The molecule has 0 aromatic carbocycles. The summed E-state index contributed by atoms with van der Waals surface area (Å²) in [5, 5.41) is 49.2. The van der Waals surface area contributed by atoms with Gasteiger partial charge in [-0.1, -0.05) is 5.21 Å². The molecule has 0 radical (unpaired) electrons. The zero-order valence-electron chi connectivity index (χ0n) is 14.2. The molecule has 0 aliphatic rings. The van der Waals surface area contributed by atoms with Crippen LogP contribution in [-0.4, -0.2) is 76.0 Å². The normalized spacial score (nSPS) is 6.60. The Morgan fingerprint density at radius 3 is 0.880 bits per heavy atom. The maximum absolute atomic E-state index is 9.00. The zero-order chi connectivity index (χ0) is 21.4. The first-order chi connectivity index (χ1) is 11.2. The van der Waals surface area contributed by atoms with Crippen molar-refractivity contribution >= 4 is 29.8 Å². The van der Waals surface area contributed by atoms with Crippen molar-refractivity contribution in [1.29, 1.82) is 0 Å². The van der Waals surface area contributed by atoms with E-state index in [2.05, 4.69) is 20.6 Å². The number of tetrazole rings is 1. The average molecular weight is 370 g/mol. The van der Waals surface area contributed by atoms with Crippen molar-refractivity contribution in [3.8, 4) is 0 Å². The summed E-state index contributed by atoms with van der Waals surface area (Å²) < 4.78 is 0. The van der Waals surface area contributed by atoms with Gasteiger partial charge in [-0.2, -0.15) is 5.21 Å². The molecule has 0 aliphatic carbocycles. The quantitative estimate of drug-likeness (QED) is 0.342. The summed E-state index contributed by atoms with van der Waals surface area (Å²) in [6.45, 7) is 5.42. The van der Waals surface area contributed by atoms with E-state index in [-0.39, 0.29) is 0 Å². The van der Waals surface area contributed by atoms with E-state index in [1.54, 1.807) is 0 Å². The molecule has 0 atom stereocenters. The molecule has 0 spiro atoms. The Bertz CT molecular complexity index is 355. The van der Waals surface area contributed by atoms with E-state index in [1.165, 1.54) is 6.33 Å². The first-order valence-electron chi connectivity index (χ1n) is 5.80. The molecule has 14 nitrogen and oxygen atoms in total. The van der Waals surface area contributed by atoms with E-state index in [1.807, 2.05) is 0 Å². The fourth-order valence-electron chi connectivity index (χ4n) is 0.129. The molecule has 14 heteroatoms. The van der Waals surface area contributed by atoms with Gasteiger partial charge in [0.1, 0.15) is 0 Å². The van der Waals surface area contributed by atoms with E-state index in [0.717, 1.165) is 34.6 Å². The predicted octanol–water partition coefficient (Wildman–Crippen LogP) is -0.346. The number of hydrogen-bond acceptors (Lipinski definition) is 8. The molecule has 25 heavy (non-hydrogen) atoms. The highest BCUT2D eigenvalue weighted by Gasteiger charge is 1.67. The number of rotatable bonds is 0. The van der Waals surface area contributed by atoms with Crippen LogP contribution in [0.4, 0.5) is 0 Å². The Labute approximate surface area is 142 Å². The van der Waals surface area contributed by atoms with Gasteiger partial charge < -0.3 is 25.5 Å². The summed E-state index contributed by atoms with van der Waals surface area (Å²) in [5.74, 6) is -4.17. The second kappa shape index (κ2) is 28.6. The van der Waals surface area contributed by atoms with Crippen molar-refractivity contribution < 1.29 is 49.5 Å². The lowest BCUT2D eigenvalue weighted by atomic mass is 10.9. The fraction of sp³-hybridized carbons (Fsp3) is 0.455. The fourth-order valence-corrected chi connectivity index (χ4v) is 0.129. The number of aromatic nitrogens is 4. The summed E-state index contributed by atoms with van der Waals surface area (Å²) in [4.78, 5) is 45.0. The largest absolute Gasteiger partial charge is 0.481 e. The molecule has 6 N–H and O–H groups in total. The molecule has 1 aromatic rings.